The Morgan fingerprint density at radius 3 is 3.16 bits per heavy atom. The number of carbonyl (C=O) groups excluding carboxylic acids is 1. The van der Waals surface area contributed by atoms with Crippen LogP contribution in [-0.4, -0.2) is 20.9 Å². The normalized spacial score (nSPS) is 10.8. The molecule has 6 heteroatoms. The molecule has 0 aliphatic heterocycles. The van der Waals surface area contributed by atoms with Crippen LogP contribution >= 0.6 is 11.3 Å². The summed E-state index contributed by atoms with van der Waals surface area (Å²) in [5.41, 5.74) is 3.31. The highest BCUT2D eigenvalue weighted by Crippen LogP contribution is 2.12. The Morgan fingerprint density at radius 2 is 2.37 bits per heavy atom. The fourth-order valence-corrected chi connectivity index (χ4v) is 2.53. The van der Waals surface area contributed by atoms with E-state index in [0.717, 1.165) is 21.7 Å². The van der Waals surface area contributed by atoms with Crippen LogP contribution in [0.1, 0.15) is 21.1 Å². The molecule has 0 aliphatic carbocycles. The smallest absolute Gasteiger partial charge is 0.251 e. The fraction of sp³-hybridized carbons (Fsp3) is 0.154. The van der Waals surface area contributed by atoms with Crippen molar-refractivity contribution in [1.29, 1.82) is 0 Å². The maximum Gasteiger partial charge on any atom is 0.251 e. The van der Waals surface area contributed by atoms with E-state index in [4.69, 9.17) is 0 Å². The number of rotatable bonds is 3. The molecular formula is C13H12N4OS. The second-order valence-electron chi connectivity index (χ2n) is 4.20. The maximum atomic E-state index is 12.0. The highest BCUT2D eigenvalue weighted by molar-refractivity contribution is 7.09. The number of carbonyl (C=O) groups is 1. The highest BCUT2D eigenvalue weighted by atomic mass is 32.1. The summed E-state index contributed by atoms with van der Waals surface area (Å²) in [6.07, 6.45) is 1.62. The van der Waals surface area contributed by atoms with Crippen molar-refractivity contribution in [2.75, 3.05) is 0 Å². The average Bonchev–Trinajstić information content (AvgIpc) is 3.03. The largest absolute Gasteiger partial charge is 0.346 e. The summed E-state index contributed by atoms with van der Waals surface area (Å²) in [6.45, 7) is 2.40. The first-order chi connectivity index (χ1) is 9.22. The zero-order valence-electron chi connectivity index (χ0n) is 10.3. The molecule has 0 fully saturated rings. The topological polar surface area (TPSA) is 70.7 Å². The Kier molecular flexibility index (Phi) is 3.00. The summed E-state index contributed by atoms with van der Waals surface area (Å²) >= 11 is 1.55. The van der Waals surface area contributed by atoms with E-state index in [0.29, 0.717) is 12.1 Å². The molecule has 1 amide bonds. The average molecular weight is 272 g/mol. The third-order valence-electron chi connectivity index (χ3n) is 2.75. The van der Waals surface area contributed by atoms with Gasteiger partial charge >= 0.3 is 0 Å². The Labute approximate surface area is 113 Å². The fourth-order valence-electron chi connectivity index (χ4n) is 1.82. The quantitative estimate of drug-likeness (QED) is 0.768. The number of aryl methyl sites for hydroxylation is 1. The first-order valence-electron chi connectivity index (χ1n) is 5.85. The summed E-state index contributed by atoms with van der Waals surface area (Å²) in [4.78, 5) is 23.4. The monoisotopic (exact) mass is 272 g/mol. The Balaban J connectivity index is 1.72. The highest BCUT2D eigenvalue weighted by Gasteiger charge is 2.08. The van der Waals surface area contributed by atoms with Gasteiger partial charge in [-0.1, -0.05) is 0 Å². The van der Waals surface area contributed by atoms with Crippen molar-refractivity contribution in [3.63, 3.8) is 0 Å². The number of amides is 1. The van der Waals surface area contributed by atoms with E-state index in [1.54, 1.807) is 29.8 Å². The number of nitrogens with zero attached hydrogens (tertiary/aromatic N) is 2. The van der Waals surface area contributed by atoms with Crippen LogP contribution in [0.5, 0.6) is 0 Å². The molecule has 1 aromatic carbocycles. The van der Waals surface area contributed by atoms with Crippen LogP contribution < -0.4 is 5.32 Å². The summed E-state index contributed by atoms with van der Waals surface area (Å²) in [7, 11) is 0. The standard InChI is InChI=1S/C13H12N4OS/c1-8-6-19-12(17-8)5-14-13(18)9-2-3-10-11(4-9)16-7-15-10/h2-4,6-7H,5H2,1H3,(H,14,18)(H,15,16). The molecule has 0 saturated heterocycles. The van der Waals surface area contributed by atoms with Gasteiger partial charge in [0.1, 0.15) is 5.01 Å². The lowest BCUT2D eigenvalue weighted by atomic mass is 10.2. The van der Waals surface area contributed by atoms with Gasteiger partial charge in [-0.25, -0.2) is 9.97 Å². The number of fused-ring (bicyclic) bond motifs is 1. The summed E-state index contributed by atoms with van der Waals surface area (Å²) in [5, 5.41) is 5.74. The molecule has 5 nitrogen and oxygen atoms in total. The lowest BCUT2D eigenvalue weighted by Gasteiger charge is -2.03. The number of benzene rings is 1. The van der Waals surface area contributed by atoms with E-state index in [2.05, 4.69) is 20.3 Å². The number of aromatic amines is 1. The first-order valence-corrected chi connectivity index (χ1v) is 6.73. The predicted molar refractivity (Wildman–Crippen MR) is 74.1 cm³/mol. The van der Waals surface area contributed by atoms with Crippen LogP contribution in [0.25, 0.3) is 11.0 Å². The molecule has 0 aliphatic rings. The molecule has 0 saturated carbocycles. The van der Waals surface area contributed by atoms with Gasteiger partial charge < -0.3 is 10.3 Å². The van der Waals surface area contributed by atoms with Gasteiger partial charge in [-0.05, 0) is 25.1 Å². The van der Waals surface area contributed by atoms with Gasteiger partial charge in [0.15, 0.2) is 0 Å². The zero-order valence-corrected chi connectivity index (χ0v) is 11.1. The molecule has 2 aromatic heterocycles. The van der Waals surface area contributed by atoms with E-state index < -0.39 is 0 Å². The van der Waals surface area contributed by atoms with Crippen LogP contribution in [0.15, 0.2) is 29.9 Å². The molecule has 0 unspecified atom stereocenters. The second-order valence-corrected chi connectivity index (χ2v) is 5.14. The Hall–Kier alpha value is -2.21. The van der Waals surface area contributed by atoms with Crippen molar-refractivity contribution in [3.05, 3.63) is 46.2 Å². The molecule has 2 N–H and O–H groups in total. The molecule has 3 rings (SSSR count). The predicted octanol–water partition coefficient (Wildman–Crippen LogP) is 2.26. The van der Waals surface area contributed by atoms with Crippen LogP contribution in [0, 0.1) is 6.92 Å². The number of nitrogens with one attached hydrogen (secondary N) is 2. The van der Waals surface area contributed by atoms with Gasteiger partial charge in [0.05, 0.1) is 23.9 Å². The van der Waals surface area contributed by atoms with Gasteiger partial charge in [0.2, 0.25) is 0 Å². The van der Waals surface area contributed by atoms with Crippen molar-refractivity contribution >= 4 is 28.3 Å². The van der Waals surface area contributed by atoms with Gasteiger partial charge in [0.25, 0.3) is 5.91 Å². The molecule has 0 spiro atoms. The molecule has 96 valence electrons. The van der Waals surface area contributed by atoms with Crippen molar-refractivity contribution < 1.29 is 4.79 Å². The van der Waals surface area contributed by atoms with Crippen molar-refractivity contribution in [2.24, 2.45) is 0 Å². The van der Waals surface area contributed by atoms with E-state index in [-0.39, 0.29) is 5.91 Å². The molecule has 0 radical (unpaired) electrons. The lowest BCUT2D eigenvalue weighted by Crippen LogP contribution is -2.22. The third-order valence-corrected chi connectivity index (χ3v) is 3.72. The summed E-state index contributed by atoms with van der Waals surface area (Å²) in [6, 6.07) is 5.39. The second kappa shape index (κ2) is 4.81. The number of H-pyrrole nitrogens is 1. The lowest BCUT2D eigenvalue weighted by molar-refractivity contribution is 0.0951. The van der Waals surface area contributed by atoms with E-state index in [1.165, 1.54) is 0 Å². The van der Waals surface area contributed by atoms with E-state index >= 15 is 0 Å². The van der Waals surface area contributed by atoms with Gasteiger partial charge in [-0.2, -0.15) is 0 Å². The number of hydrogen-bond acceptors (Lipinski definition) is 4. The van der Waals surface area contributed by atoms with Crippen molar-refractivity contribution in [2.45, 2.75) is 13.5 Å². The van der Waals surface area contributed by atoms with Crippen LogP contribution in [0.4, 0.5) is 0 Å². The molecular weight excluding hydrogens is 260 g/mol. The SMILES string of the molecule is Cc1csc(CNC(=O)c2ccc3nc[nH]c3c2)n1. The molecule has 2 heterocycles. The van der Waals surface area contributed by atoms with Gasteiger partial charge in [-0.3, -0.25) is 4.79 Å². The van der Waals surface area contributed by atoms with Crippen LogP contribution in [0.2, 0.25) is 0 Å². The van der Waals surface area contributed by atoms with Crippen molar-refractivity contribution in [1.82, 2.24) is 20.3 Å². The van der Waals surface area contributed by atoms with E-state index in [9.17, 15) is 4.79 Å². The summed E-state index contributed by atoms with van der Waals surface area (Å²) in [5.74, 6) is -0.107. The van der Waals surface area contributed by atoms with E-state index in [1.807, 2.05) is 18.4 Å². The van der Waals surface area contributed by atoms with Crippen LogP contribution in [0.3, 0.4) is 0 Å². The molecule has 3 aromatic rings. The minimum absolute atomic E-state index is 0.107. The van der Waals surface area contributed by atoms with Gasteiger partial charge in [-0.15, -0.1) is 11.3 Å². The summed E-state index contributed by atoms with van der Waals surface area (Å²) < 4.78 is 0. The van der Waals surface area contributed by atoms with Crippen molar-refractivity contribution in [3.8, 4) is 0 Å². The first kappa shape index (κ1) is 11.9. The third kappa shape index (κ3) is 2.48. The van der Waals surface area contributed by atoms with Gasteiger partial charge in [0, 0.05) is 16.6 Å². The number of imidazole rings is 1. The number of hydrogen-bond donors (Lipinski definition) is 2. The van der Waals surface area contributed by atoms with Crippen LogP contribution in [-0.2, 0) is 6.54 Å². The number of aromatic nitrogens is 3. The minimum Gasteiger partial charge on any atom is -0.346 e. The molecule has 19 heavy (non-hydrogen) atoms. The number of thiazole rings is 1. The minimum atomic E-state index is -0.107. The zero-order chi connectivity index (χ0) is 13.2. The molecule has 0 bridgehead atoms. The molecule has 0 atom stereocenters. The maximum absolute atomic E-state index is 12.0. The Bertz CT molecular complexity index is 731. The Morgan fingerprint density at radius 1 is 1.47 bits per heavy atom.